The second-order valence-electron chi connectivity index (χ2n) is 6.47. The van der Waals surface area contributed by atoms with Gasteiger partial charge in [0.05, 0.1) is 24.2 Å². The second-order valence-corrected chi connectivity index (χ2v) is 7.58. The smallest absolute Gasteiger partial charge is 0.410 e. The quantitative estimate of drug-likeness (QED) is 0.707. The molecule has 4 rings (SSSR count). The first kappa shape index (κ1) is 18.9. The number of benzene rings is 1. The van der Waals surface area contributed by atoms with E-state index in [4.69, 9.17) is 4.74 Å². The van der Waals surface area contributed by atoms with Gasteiger partial charge < -0.3 is 15.0 Å². The van der Waals surface area contributed by atoms with Gasteiger partial charge in [0, 0.05) is 11.4 Å². The number of fused-ring (bicyclic) bond motifs is 2. The van der Waals surface area contributed by atoms with E-state index in [0.717, 1.165) is 16.0 Å². The summed E-state index contributed by atoms with van der Waals surface area (Å²) in [7, 11) is 0. The van der Waals surface area contributed by atoms with E-state index in [-0.39, 0.29) is 18.5 Å². The molecule has 1 N–H and O–H groups in total. The van der Waals surface area contributed by atoms with Gasteiger partial charge in [-0.05, 0) is 31.0 Å². The van der Waals surface area contributed by atoms with Crippen LogP contribution >= 0.6 is 11.3 Å². The van der Waals surface area contributed by atoms with Crippen molar-refractivity contribution in [2.75, 3.05) is 18.5 Å². The van der Waals surface area contributed by atoms with Crippen LogP contribution in [0.15, 0.2) is 24.3 Å². The minimum atomic E-state index is -0.367. The number of hydrogen-bond acceptors (Lipinski definition) is 7. The Morgan fingerprint density at radius 3 is 3.00 bits per heavy atom. The molecule has 3 heterocycles. The van der Waals surface area contributed by atoms with Crippen molar-refractivity contribution in [2.45, 2.75) is 26.4 Å². The average molecular weight is 410 g/mol. The van der Waals surface area contributed by atoms with E-state index in [1.165, 1.54) is 16.0 Å². The lowest BCUT2D eigenvalue weighted by atomic mass is 10.0. The van der Waals surface area contributed by atoms with E-state index < -0.39 is 0 Å². The molecule has 0 saturated heterocycles. The van der Waals surface area contributed by atoms with Gasteiger partial charge in [-0.25, -0.2) is 9.48 Å². The molecule has 29 heavy (non-hydrogen) atoms. The molecule has 0 aliphatic carbocycles. The number of thiophene rings is 1. The van der Waals surface area contributed by atoms with Crippen molar-refractivity contribution in [1.82, 2.24) is 19.9 Å². The lowest BCUT2D eigenvalue weighted by Crippen LogP contribution is -2.35. The Morgan fingerprint density at radius 1 is 1.38 bits per heavy atom. The first-order chi connectivity index (χ1) is 14.1. The van der Waals surface area contributed by atoms with Crippen molar-refractivity contribution >= 4 is 39.4 Å². The van der Waals surface area contributed by atoms with E-state index in [1.807, 2.05) is 24.3 Å². The largest absolute Gasteiger partial charge is 0.450 e. The van der Waals surface area contributed by atoms with Gasteiger partial charge in [-0.1, -0.05) is 17.3 Å². The van der Waals surface area contributed by atoms with Crippen molar-refractivity contribution in [3.8, 4) is 6.07 Å². The van der Waals surface area contributed by atoms with Gasteiger partial charge >= 0.3 is 6.09 Å². The average Bonchev–Trinajstić information content (AvgIpc) is 3.28. The zero-order chi connectivity index (χ0) is 20.4. The highest BCUT2D eigenvalue weighted by molar-refractivity contribution is 7.16. The number of ether oxygens (including phenoxy) is 1. The number of aromatic nitrogens is 3. The number of nitrogens with zero attached hydrogens (tertiary/aromatic N) is 5. The Bertz CT molecular complexity index is 1130. The minimum Gasteiger partial charge on any atom is -0.450 e. The lowest BCUT2D eigenvalue weighted by molar-refractivity contribution is -0.116. The van der Waals surface area contributed by atoms with Gasteiger partial charge in [0.2, 0.25) is 5.91 Å². The number of carbonyl (C=O) groups excluding carboxylic acids is 2. The number of para-hydroxylation sites is 1. The molecule has 1 aliphatic heterocycles. The molecular formula is C19H18N6O3S. The summed E-state index contributed by atoms with van der Waals surface area (Å²) >= 11 is 1.32. The van der Waals surface area contributed by atoms with Crippen molar-refractivity contribution in [3.63, 3.8) is 0 Å². The summed E-state index contributed by atoms with van der Waals surface area (Å²) in [5.74, 6) is -0.294. The van der Waals surface area contributed by atoms with Crippen molar-refractivity contribution in [2.24, 2.45) is 0 Å². The Morgan fingerprint density at radius 2 is 2.21 bits per heavy atom. The van der Waals surface area contributed by atoms with E-state index in [1.54, 1.807) is 11.8 Å². The summed E-state index contributed by atoms with van der Waals surface area (Å²) in [6.45, 7) is 2.92. The monoisotopic (exact) mass is 410 g/mol. The molecule has 10 heteroatoms. The van der Waals surface area contributed by atoms with Crippen LogP contribution in [0, 0.1) is 11.3 Å². The molecule has 0 atom stereocenters. The van der Waals surface area contributed by atoms with Crippen LogP contribution in [0.25, 0.3) is 11.0 Å². The van der Waals surface area contributed by atoms with Crippen LogP contribution in [0.2, 0.25) is 0 Å². The molecule has 9 nitrogen and oxygen atoms in total. The summed E-state index contributed by atoms with van der Waals surface area (Å²) in [5, 5.41) is 21.0. The number of nitriles is 1. The maximum atomic E-state index is 12.6. The van der Waals surface area contributed by atoms with E-state index >= 15 is 0 Å². The molecule has 1 aliphatic rings. The highest BCUT2D eigenvalue weighted by Gasteiger charge is 2.28. The second kappa shape index (κ2) is 7.89. The molecule has 0 radical (unpaired) electrons. The topological polar surface area (TPSA) is 113 Å². The van der Waals surface area contributed by atoms with E-state index in [2.05, 4.69) is 21.7 Å². The Kier molecular flexibility index (Phi) is 5.14. The summed E-state index contributed by atoms with van der Waals surface area (Å²) in [4.78, 5) is 27.1. The summed E-state index contributed by atoms with van der Waals surface area (Å²) in [6, 6.07) is 9.58. The Labute approximate surface area is 170 Å². The predicted octanol–water partition coefficient (Wildman–Crippen LogP) is 2.52. The summed E-state index contributed by atoms with van der Waals surface area (Å²) in [5.41, 5.74) is 2.83. The zero-order valence-corrected chi connectivity index (χ0v) is 16.5. The summed E-state index contributed by atoms with van der Waals surface area (Å²) < 4.78 is 6.58. The van der Waals surface area contributed by atoms with E-state index in [9.17, 15) is 14.9 Å². The summed E-state index contributed by atoms with van der Waals surface area (Å²) in [6.07, 6.45) is 0.186. The standard InChI is InChI=1S/C19H18N6O3S/c1-2-28-19(27)24-8-7-12-13(9-20)18(29-16(12)10-24)21-17(26)11-25-15-6-4-3-5-14(15)22-23-25/h3-6H,2,7-8,10-11H2,1H3,(H,21,26). The van der Waals surface area contributed by atoms with Gasteiger partial charge in [-0.2, -0.15) is 5.26 Å². The van der Waals surface area contributed by atoms with Crippen LogP contribution < -0.4 is 5.32 Å². The number of amides is 2. The molecule has 0 unspecified atom stereocenters. The van der Waals surface area contributed by atoms with Crippen LogP contribution in [-0.4, -0.2) is 45.0 Å². The SMILES string of the molecule is CCOC(=O)N1CCc2c(sc(NC(=O)Cn3nnc4ccccc43)c2C#N)C1. The lowest BCUT2D eigenvalue weighted by Gasteiger charge is -2.25. The molecule has 0 spiro atoms. The highest BCUT2D eigenvalue weighted by Crippen LogP contribution is 2.36. The Hall–Kier alpha value is -3.45. The molecule has 1 aromatic carbocycles. The maximum Gasteiger partial charge on any atom is 0.410 e. The molecular weight excluding hydrogens is 392 g/mol. The van der Waals surface area contributed by atoms with Crippen molar-refractivity contribution < 1.29 is 14.3 Å². The van der Waals surface area contributed by atoms with Gasteiger partial charge in [0.15, 0.2) is 0 Å². The molecule has 3 aromatic rings. The predicted molar refractivity (Wildman–Crippen MR) is 106 cm³/mol. The highest BCUT2D eigenvalue weighted by atomic mass is 32.1. The fraction of sp³-hybridized carbons (Fsp3) is 0.316. The third-order valence-corrected chi connectivity index (χ3v) is 5.79. The van der Waals surface area contributed by atoms with Crippen LogP contribution in [0.4, 0.5) is 9.80 Å². The number of carbonyl (C=O) groups is 2. The fourth-order valence-corrected chi connectivity index (χ4v) is 4.55. The Balaban J connectivity index is 1.51. The van der Waals surface area contributed by atoms with Gasteiger partial charge in [0.1, 0.15) is 23.1 Å². The third kappa shape index (κ3) is 3.64. The number of rotatable bonds is 4. The van der Waals surface area contributed by atoms with Crippen LogP contribution in [0.1, 0.15) is 22.9 Å². The maximum absolute atomic E-state index is 12.6. The minimum absolute atomic E-state index is 0.0110. The molecule has 148 valence electrons. The zero-order valence-electron chi connectivity index (χ0n) is 15.7. The molecule has 2 aromatic heterocycles. The van der Waals surface area contributed by atoms with Crippen LogP contribution in [0.5, 0.6) is 0 Å². The number of nitrogens with one attached hydrogen (secondary N) is 1. The molecule has 0 saturated carbocycles. The molecule has 2 amide bonds. The third-order valence-electron chi connectivity index (χ3n) is 4.66. The molecule has 0 bridgehead atoms. The van der Waals surface area contributed by atoms with Crippen LogP contribution in [0.3, 0.4) is 0 Å². The van der Waals surface area contributed by atoms with E-state index in [0.29, 0.717) is 42.2 Å². The first-order valence-corrected chi connectivity index (χ1v) is 9.96. The fourth-order valence-electron chi connectivity index (χ4n) is 3.32. The van der Waals surface area contributed by atoms with Gasteiger partial charge in [-0.3, -0.25) is 4.79 Å². The molecule has 0 fully saturated rings. The van der Waals surface area contributed by atoms with Crippen LogP contribution in [-0.2, 0) is 29.0 Å². The number of hydrogen-bond donors (Lipinski definition) is 1. The van der Waals surface area contributed by atoms with Crippen molar-refractivity contribution in [1.29, 1.82) is 5.26 Å². The first-order valence-electron chi connectivity index (χ1n) is 9.15. The van der Waals surface area contributed by atoms with Crippen molar-refractivity contribution in [3.05, 3.63) is 40.3 Å². The van der Waals surface area contributed by atoms with Gasteiger partial charge in [0.25, 0.3) is 0 Å². The van der Waals surface area contributed by atoms with Gasteiger partial charge in [-0.15, -0.1) is 16.4 Å². The number of anilines is 1. The normalized spacial score (nSPS) is 13.0.